The third kappa shape index (κ3) is 4.34. The zero-order valence-corrected chi connectivity index (χ0v) is 18.0. The standard InChI is InChI=1S/C25H28NOP/c1-5-23(21-16-17(2)14-15-22(21)27)28-25-18(3)10-9-13-20(25)24(26-4)19-11-7-6-8-12-19/h6-16,23,27-28H,5H2,1-4H3. The number of aryl methyl sites for hydroxylation is 2. The summed E-state index contributed by atoms with van der Waals surface area (Å²) in [6, 6.07) is 22.7. The van der Waals surface area contributed by atoms with Gasteiger partial charge in [0.2, 0.25) is 0 Å². The minimum Gasteiger partial charge on any atom is -0.508 e. The van der Waals surface area contributed by atoms with Crippen LogP contribution in [-0.2, 0) is 0 Å². The fourth-order valence-electron chi connectivity index (χ4n) is 3.58. The van der Waals surface area contributed by atoms with Crippen molar-refractivity contribution in [2.75, 3.05) is 7.05 Å². The number of aromatic hydroxyl groups is 1. The van der Waals surface area contributed by atoms with Crippen LogP contribution in [0.4, 0.5) is 0 Å². The summed E-state index contributed by atoms with van der Waals surface area (Å²) in [4.78, 5) is 4.64. The molecule has 0 fully saturated rings. The van der Waals surface area contributed by atoms with E-state index in [0.29, 0.717) is 14.3 Å². The molecule has 3 heteroatoms. The molecule has 28 heavy (non-hydrogen) atoms. The Hall–Kier alpha value is -2.44. The number of hydrogen-bond acceptors (Lipinski definition) is 2. The summed E-state index contributed by atoms with van der Waals surface area (Å²) in [5.74, 6) is 0.396. The third-order valence-electron chi connectivity index (χ3n) is 5.08. The molecule has 0 radical (unpaired) electrons. The van der Waals surface area contributed by atoms with Gasteiger partial charge in [-0.1, -0.05) is 81.7 Å². The number of aliphatic imine (C=N–C) groups is 1. The highest BCUT2D eigenvalue weighted by Gasteiger charge is 2.19. The molecular formula is C25H28NOP. The summed E-state index contributed by atoms with van der Waals surface area (Å²) >= 11 is 0. The lowest BCUT2D eigenvalue weighted by molar-refractivity contribution is 0.467. The number of hydrogen-bond donors (Lipinski definition) is 1. The van der Waals surface area contributed by atoms with Gasteiger partial charge in [-0.15, -0.1) is 0 Å². The summed E-state index contributed by atoms with van der Waals surface area (Å²) < 4.78 is 0. The average molecular weight is 389 g/mol. The van der Waals surface area contributed by atoms with Crippen molar-refractivity contribution in [3.05, 3.63) is 94.5 Å². The van der Waals surface area contributed by atoms with Crippen LogP contribution in [0.3, 0.4) is 0 Å². The smallest absolute Gasteiger partial charge is 0.119 e. The summed E-state index contributed by atoms with van der Waals surface area (Å²) in [6.07, 6.45) is 0.979. The maximum Gasteiger partial charge on any atom is 0.119 e. The van der Waals surface area contributed by atoms with Crippen molar-refractivity contribution in [1.29, 1.82) is 0 Å². The minimum absolute atomic E-state index is 0.286. The number of nitrogens with zero attached hydrogens (tertiary/aromatic N) is 1. The van der Waals surface area contributed by atoms with E-state index in [-0.39, 0.29) is 5.66 Å². The lowest BCUT2D eigenvalue weighted by Crippen LogP contribution is -2.17. The zero-order chi connectivity index (χ0) is 20.1. The summed E-state index contributed by atoms with van der Waals surface area (Å²) in [6.45, 7) is 6.45. The number of phenols is 1. The van der Waals surface area contributed by atoms with E-state index in [1.54, 1.807) is 0 Å². The number of phenolic OH excluding ortho intramolecular Hbond substituents is 1. The second kappa shape index (κ2) is 9.17. The molecule has 3 rings (SSSR count). The van der Waals surface area contributed by atoms with Crippen LogP contribution in [0.5, 0.6) is 5.75 Å². The number of rotatable bonds is 6. The first-order chi connectivity index (χ1) is 13.5. The van der Waals surface area contributed by atoms with Crippen molar-refractivity contribution in [3.8, 4) is 5.75 Å². The summed E-state index contributed by atoms with van der Waals surface area (Å²) in [5.41, 5.74) is 7.14. The van der Waals surface area contributed by atoms with E-state index >= 15 is 0 Å². The maximum absolute atomic E-state index is 10.5. The molecule has 2 nitrogen and oxygen atoms in total. The molecule has 0 aliphatic carbocycles. The zero-order valence-electron chi connectivity index (χ0n) is 17.0. The molecule has 0 saturated heterocycles. The van der Waals surface area contributed by atoms with Crippen LogP contribution in [-0.4, -0.2) is 17.9 Å². The van der Waals surface area contributed by atoms with Gasteiger partial charge in [-0.3, -0.25) is 4.99 Å². The molecule has 2 unspecified atom stereocenters. The van der Waals surface area contributed by atoms with Crippen molar-refractivity contribution in [2.24, 2.45) is 4.99 Å². The normalized spacial score (nSPS) is 13.2. The monoisotopic (exact) mass is 389 g/mol. The predicted octanol–water partition coefficient (Wildman–Crippen LogP) is 5.93. The van der Waals surface area contributed by atoms with Crippen molar-refractivity contribution in [1.82, 2.24) is 0 Å². The lowest BCUT2D eigenvalue weighted by Gasteiger charge is -2.22. The first-order valence-electron chi connectivity index (χ1n) is 9.73. The van der Waals surface area contributed by atoms with Gasteiger partial charge in [0.1, 0.15) is 5.75 Å². The average Bonchev–Trinajstić information content (AvgIpc) is 2.71. The highest BCUT2D eigenvalue weighted by Crippen LogP contribution is 2.42. The van der Waals surface area contributed by atoms with Gasteiger partial charge in [0, 0.05) is 29.4 Å². The summed E-state index contributed by atoms with van der Waals surface area (Å²) in [7, 11) is 2.43. The second-order valence-corrected chi connectivity index (χ2v) is 8.59. The SMILES string of the molecule is CCC(Pc1c(C)cccc1C(=NC)c1ccccc1)c1cc(C)ccc1O. The molecule has 0 aliphatic rings. The van der Waals surface area contributed by atoms with Gasteiger partial charge in [-0.05, 0) is 37.2 Å². The molecule has 1 N–H and O–H groups in total. The van der Waals surface area contributed by atoms with Gasteiger partial charge < -0.3 is 5.11 Å². The van der Waals surface area contributed by atoms with Crippen LogP contribution in [0.2, 0.25) is 0 Å². The highest BCUT2D eigenvalue weighted by atomic mass is 31.1. The van der Waals surface area contributed by atoms with Gasteiger partial charge in [0.15, 0.2) is 0 Å². The Balaban J connectivity index is 2.06. The van der Waals surface area contributed by atoms with E-state index in [1.807, 2.05) is 25.2 Å². The predicted molar refractivity (Wildman–Crippen MR) is 123 cm³/mol. The molecule has 0 bridgehead atoms. The van der Waals surface area contributed by atoms with Crippen LogP contribution >= 0.6 is 8.58 Å². The van der Waals surface area contributed by atoms with Crippen LogP contribution in [0.1, 0.15) is 46.8 Å². The van der Waals surface area contributed by atoms with Gasteiger partial charge >= 0.3 is 0 Å². The quantitative estimate of drug-likeness (QED) is 0.411. The first kappa shape index (κ1) is 20.3. The molecule has 0 amide bonds. The Morgan fingerprint density at radius 1 is 1.00 bits per heavy atom. The fraction of sp³-hybridized carbons (Fsp3) is 0.240. The molecular weight excluding hydrogens is 361 g/mol. The van der Waals surface area contributed by atoms with Crippen molar-refractivity contribution in [3.63, 3.8) is 0 Å². The Morgan fingerprint density at radius 2 is 1.75 bits per heavy atom. The maximum atomic E-state index is 10.5. The van der Waals surface area contributed by atoms with E-state index in [0.717, 1.165) is 23.3 Å². The molecule has 0 aliphatic heterocycles. The van der Waals surface area contributed by atoms with E-state index in [9.17, 15) is 5.11 Å². The first-order valence-corrected chi connectivity index (χ1v) is 10.8. The molecule has 0 aromatic heterocycles. The van der Waals surface area contributed by atoms with Gasteiger partial charge in [-0.25, -0.2) is 0 Å². The summed E-state index contributed by atoms with van der Waals surface area (Å²) in [5, 5.41) is 11.8. The van der Waals surface area contributed by atoms with Crippen molar-refractivity contribution >= 4 is 19.6 Å². The lowest BCUT2D eigenvalue weighted by atomic mass is 10.0. The molecule has 3 aromatic carbocycles. The van der Waals surface area contributed by atoms with Crippen LogP contribution < -0.4 is 5.30 Å². The van der Waals surface area contributed by atoms with Crippen LogP contribution in [0.15, 0.2) is 71.7 Å². The van der Waals surface area contributed by atoms with Gasteiger partial charge in [0.25, 0.3) is 0 Å². The fourth-order valence-corrected chi connectivity index (χ4v) is 5.19. The number of benzene rings is 3. The van der Waals surface area contributed by atoms with E-state index in [1.165, 1.54) is 22.0 Å². The van der Waals surface area contributed by atoms with Crippen molar-refractivity contribution in [2.45, 2.75) is 32.9 Å². The van der Waals surface area contributed by atoms with E-state index < -0.39 is 0 Å². The van der Waals surface area contributed by atoms with Crippen molar-refractivity contribution < 1.29 is 5.11 Å². The van der Waals surface area contributed by atoms with Gasteiger partial charge in [-0.2, -0.15) is 0 Å². The van der Waals surface area contributed by atoms with E-state index in [4.69, 9.17) is 0 Å². The Bertz CT molecular complexity index is 979. The molecule has 2 atom stereocenters. The second-order valence-electron chi connectivity index (χ2n) is 7.10. The highest BCUT2D eigenvalue weighted by molar-refractivity contribution is 7.48. The molecule has 0 heterocycles. The Labute approximate surface area is 170 Å². The molecule has 3 aromatic rings. The molecule has 144 valence electrons. The Morgan fingerprint density at radius 3 is 2.43 bits per heavy atom. The topological polar surface area (TPSA) is 32.6 Å². The van der Waals surface area contributed by atoms with Crippen LogP contribution in [0, 0.1) is 13.8 Å². The molecule has 0 spiro atoms. The Kier molecular flexibility index (Phi) is 6.65. The third-order valence-corrected chi connectivity index (χ3v) is 7.10. The minimum atomic E-state index is 0.286. The van der Waals surface area contributed by atoms with E-state index in [2.05, 4.69) is 74.3 Å². The molecule has 0 saturated carbocycles. The largest absolute Gasteiger partial charge is 0.508 e. The van der Waals surface area contributed by atoms with Gasteiger partial charge in [0.05, 0.1) is 5.71 Å². The van der Waals surface area contributed by atoms with Crippen LogP contribution in [0.25, 0.3) is 0 Å².